The Balaban J connectivity index is 3.02. The number of hydrogen-bond donors (Lipinski definition) is 0. The van der Waals surface area contributed by atoms with Crippen LogP contribution in [-0.2, 0) is 5.88 Å². The molecule has 0 unspecified atom stereocenters. The van der Waals surface area contributed by atoms with Gasteiger partial charge in [-0.2, -0.15) is 0 Å². The molecular formula is C9H10ClO2. The second-order valence-corrected chi connectivity index (χ2v) is 2.50. The van der Waals surface area contributed by atoms with Crippen molar-refractivity contribution in [1.82, 2.24) is 0 Å². The number of benzene rings is 1. The number of halogens is 1. The number of methoxy groups -OCH3 is 2. The molecule has 0 saturated heterocycles. The summed E-state index contributed by atoms with van der Waals surface area (Å²) in [6.07, 6.45) is 0. The average molecular weight is 186 g/mol. The quantitative estimate of drug-likeness (QED) is 0.673. The minimum atomic E-state index is 0.431. The Hall–Kier alpha value is -0.890. The van der Waals surface area contributed by atoms with Crippen molar-refractivity contribution in [3.8, 4) is 11.5 Å². The first-order valence-corrected chi connectivity index (χ1v) is 4.03. The normalized spacial score (nSPS) is 9.58. The SMILES string of the molecule is COc1c[c]c(CCl)cc1OC. The van der Waals surface area contributed by atoms with Crippen LogP contribution in [0.1, 0.15) is 5.56 Å². The van der Waals surface area contributed by atoms with Crippen LogP contribution in [0.15, 0.2) is 12.1 Å². The van der Waals surface area contributed by atoms with Gasteiger partial charge in [0.25, 0.3) is 0 Å². The zero-order chi connectivity index (χ0) is 8.97. The highest BCUT2D eigenvalue weighted by Gasteiger charge is 2.03. The van der Waals surface area contributed by atoms with Crippen molar-refractivity contribution in [1.29, 1.82) is 0 Å². The van der Waals surface area contributed by atoms with E-state index in [9.17, 15) is 0 Å². The van der Waals surface area contributed by atoms with Crippen molar-refractivity contribution < 1.29 is 9.47 Å². The van der Waals surface area contributed by atoms with Gasteiger partial charge in [0.1, 0.15) is 0 Å². The molecule has 0 saturated carbocycles. The summed E-state index contributed by atoms with van der Waals surface area (Å²) in [6.45, 7) is 0. The van der Waals surface area contributed by atoms with Crippen molar-refractivity contribution in [2.75, 3.05) is 14.2 Å². The van der Waals surface area contributed by atoms with E-state index in [-0.39, 0.29) is 0 Å². The molecule has 1 aromatic rings. The van der Waals surface area contributed by atoms with Crippen LogP contribution in [0, 0.1) is 6.07 Å². The van der Waals surface area contributed by atoms with Crippen molar-refractivity contribution in [3.63, 3.8) is 0 Å². The Morgan fingerprint density at radius 1 is 1.33 bits per heavy atom. The Kier molecular flexibility index (Phi) is 3.23. The smallest absolute Gasteiger partial charge is 0.161 e. The van der Waals surface area contributed by atoms with E-state index in [0.717, 1.165) is 5.56 Å². The lowest BCUT2D eigenvalue weighted by Gasteiger charge is -2.07. The molecule has 0 aliphatic carbocycles. The molecule has 0 heterocycles. The largest absolute Gasteiger partial charge is 0.493 e. The predicted molar refractivity (Wildman–Crippen MR) is 47.9 cm³/mol. The van der Waals surface area contributed by atoms with Crippen LogP contribution in [0.25, 0.3) is 0 Å². The molecule has 65 valence electrons. The summed E-state index contributed by atoms with van der Waals surface area (Å²) in [5.41, 5.74) is 0.898. The molecule has 0 atom stereocenters. The zero-order valence-electron chi connectivity index (χ0n) is 7.06. The second-order valence-electron chi connectivity index (χ2n) is 2.23. The lowest BCUT2D eigenvalue weighted by atomic mass is 10.2. The van der Waals surface area contributed by atoms with Gasteiger partial charge in [0.2, 0.25) is 0 Å². The standard InChI is InChI=1S/C9H10ClO2/c1-11-8-4-3-7(6-10)5-9(8)12-2/h4-5H,6H2,1-2H3. The third kappa shape index (κ3) is 1.83. The molecular weight excluding hydrogens is 176 g/mol. The van der Waals surface area contributed by atoms with Crippen molar-refractivity contribution in [2.45, 2.75) is 5.88 Å². The fraction of sp³-hybridized carbons (Fsp3) is 0.333. The highest BCUT2D eigenvalue weighted by atomic mass is 35.5. The van der Waals surface area contributed by atoms with Gasteiger partial charge in [-0.15, -0.1) is 11.6 Å². The molecule has 0 bridgehead atoms. The summed E-state index contributed by atoms with van der Waals surface area (Å²) in [7, 11) is 3.18. The van der Waals surface area contributed by atoms with Gasteiger partial charge in [0.05, 0.1) is 14.2 Å². The average Bonchev–Trinajstić information content (AvgIpc) is 2.16. The molecule has 0 spiro atoms. The summed E-state index contributed by atoms with van der Waals surface area (Å²) >= 11 is 5.62. The Bertz CT molecular complexity index is 261. The monoisotopic (exact) mass is 185 g/mol. The van der Waals surface area contributed by atoms with E-state index in [2.05, 4.69) is 6.07 Å². The summed E-state index contributed by atoms with van der Waals surface area (Å²) < 4.78 is 10.1. The van der Waals surface area contributed by atoms with Gasteiger partial charge < -0.3 is 9.47 Å². The first-order chi connectivity index (χ1) is 5.81. The number of ether oxygens (including phenoxy) is 2. The summed E-state index contributed by atoms with van der Waals surface area (Å²) in [5, 5.41) is 0. The van der Waals surface area contributed by atoms with Gasteiger partial charge in [0.15, 0.2) is 11.5 Å². The fourth-order valence-electron chi connectivity index (χ4n) is 0.897. The van der Waals surface area contributed by atoms with Gasteiger partial charge in [-0.25, -0.2) is 0 Å². The Morgan fingerprint density at radius 2 is 2.00 bits per heavy atom. The summed E-state index contributed by atoms with van der Waals surface area (Å²) in [5.74, 6) is 1.79. The third-order valence-electron chi connectivity index (χ3n) is 1.52. The van der Waals surface area contributed by atoms with Gasteiger partial charge in [0, 0.05) is 5.88 Å². The predicted octanol–water partition coefficient (Wildman–Crippen LogP) is 2.24. The molecule has 12 heavy (non-hydrogen) atoms. The molecule has 0 fully saturated rings. The molecule has 0 aliphatic heterocycles. The van der Waals surface area contributed by atoms with Crippen LogP contribution in [0.4, 0.5) is 0 Å². The van der Waals surface area contributed by atoms with E-state index in [1.165, 1.54) is 0 Å². The molecule has 3 heteroatoms. The topological polar surface area (TPSA) is 18.5 Å². The first kappa shape index (κ1) is 9.20. The molecule has 1 radical (unpaired) electrons. The van der Waals surface area contributed by atoms with Gasteiger partial charge in [-0.1, -0.05) is 0 Å². The zero-order valence-corrected chi connectivity index (χ0v) is 7.81. The van der Waals surface area contributed by atoms with E-state index in [0.29, 0.717) is 17.4 Å². The van der Waals surface area contributed by atoms with Crippen LogP contribution in [0.5, 0.6) is 11.5 Å². The summed E-state index contributed by atoms with van der Waals surface area (Å²) in [4.78, 5) is 0. The maximum atomic E-state index is 5.62. The minimum absolute atomic E-state index is 0.431. The molecule has 0 amide bonds. The molecule has 2 nitrogen and oxygen atoms in total. The third-order valence-corrected chi connectivity index (χ3v) is 1.81. The van der Waals surface area contributed by atoms with Crippen LogP contribution in [-0.4, -0.2) is 14.2 Å². The van der Waals surface area contributed by atoms with Crippen molar-refractivity contribution in [3.05, 3.63) is 23.8 Å². The minimum Gasteiger partial charge on any atom is -0.493 e. The van der Waals surface area contributed by atoms with Crippen LogP contribution >= 0.6 is 11.6 Å². The number of hydrogen-bond acceptors (Lipinski definition) is 2. The molecule has 1 rings (SSSR count). The maximum Gasteiger partial charge on any atom is 0.161 e. The Labute approximate surface area is 77.1 Å². The fourth-order valence-corrected chi connectivity index (χ4v) is 1.05. The van der Waals surface area contributed by atoms with Crippen LogP contribution in [0.2, 0.25) is 0 Å². The highest BCUT2D eigenvalue weighted by molar-refractivity contribution is 6.17. The van der Waals surface area contributed by atoms with Gasteiger partial charge in [-0.3, -0.25) is 0 Å². The Morgan fingerprint density at radius 3 is 2.50 bits per heavy atom. The van der Waals surface area contributed by atoms with E-state index in [1.54, 1.807) is 20.3 Å². The molecule has 1 aromatic carbocycles. The van der Waals surface area contributed by atoms with E-state index >= 15 is 0 Å². The highest BCUT2D eigenvalue weighted by Crippen LogP contribution is 2.27. The van der Waals surface area contributed by atoms with Crippen LogP contribution < -0.4 is 9.47 Å². The second kappa shape index (κ2) is 4.21. The lowest BCUT2D eigenvalue weighted by molar-refractivity contribution is 0.354. The van der Waals surface area contributed by atoms with E-state index < -0.39 is 0 Å². The lowest BCUT2D eigenvalue weighted by Crippen LogP contribution is -1.91. The van der Waals surface area contributed by atoms with Crippen molar-refractivity contribution in [2.24, 2.45) is 0 Å². The molecule has 0 aromatic heterocycles. The number of alkyl halides is 1. The number of rotatable bonds is 3. The summed E-state index contributed by atoms with van der Waals surface area (Å²) in [6, 6.07) is 6.51. The van der Waals surface area contributed by atoms with E-state index in [1.807, 2.05) is 6.07 Å². The van der Waals surface area contributed by atoms with Gasteiger partial charge in [-0.05, 0) is 23.8 Å². The maximum absolute atomic E-state index is 5.62. The molecule has 0 N–H and O–H groups in total. The molecule has 0 aliphatic rings. The van der Waals surface area contributed by atoms with Crippen LogP contribution in [0.3, 0.4) is 0 Å². The van der Waals surface area contributed by atoms with Crippen molar-refractivity contribution >= 4 is 11.6 Å². The first-order valence-electron chi connectivity index (χ1n) is 3.50. The van der Waals surface area contributed by atoms with E-state index in [4.69, 9.17) is 21.1 Å². The van der Waals surface area contributed by atoms with Gasteiger partial charge >= 0.3 is 0 Å².